The van der Waals surface area contributed by atoms with Crippen LogP contribution in [-0.2, 0) is 11.3 Å². The molecule has 3 aromatic rings. The van der Waals surface area contributed by atoms with E-state index < -0.39 is 0 Å². The van der Waals surface area contributed by atoms with Crippen LogP contribution >= 0.6 is 11.8 Å². The minimum Gasteiger partial charge on any atom is -0.333 e. The number of hydrogen-bond donors (Lipinski definition) is 0. The number of benzene rings is 2. The third-order valence-corrected chi connectivity index (χ3v) is 6.24. The molecule has 0 aliphatic heterocycles. The minimum absolute atomic E-state index is 0.0409. The molecule has 0 bridgehead atoms. The highest BCUT2D eigenvalue weighted by Gasteiger charge is 2.32. The van der Waals surface area contributed by atoms with Crippen molar-refractivity contribution in [3.8, 4) is 11.4 Å². The van der Waals surface area contributed by atoms with E-state index in [0.29, 0.717) is 23.1 Å². The van der Waals surface area contributed by atoms with Crippen molar-refractivity contribution >= 4 is 17.7 Å². The second-order valence-corrected chi connectivity index (χ2v) is 9.75. The molecule has 1 fully saturated rings. The second kappa shape index (κ2) is 8.83. The van der Waals surface area contributed by atoms with Crippen molar-refractivity contribution in [3.63, 3.8) is 0 Å². The Bertz CT molecular complexity index is 1060. The molecule has 1 amide bonds. The Morgan fingerprint density at radius 1 is 1.10 bits per heavy atom. The van der Waals surface area contributed by atoms with Gasteiger partial charge in [-0.05, 0) is 51.3 Å². The van der Waals surface area contributed by atoms with Gasteiger partial charge in [-0.3, -0.25) is 9.36 Å². The summed E-state index contributed by atoms with van der Waals surface area (Å²) < 4.78 is 16.4. The zero-order valence-corrected chi connectivity index (χ0v) is 18.9. The maximum absolute atomic E-state index is 14.4. The van der Waals surface area contributed by atoms with Crippen molar-refractivity contribution in [1.82, 2.24) is 19.7 Å². The van der Waals surface area contributed by atoms with E-state index in [4.69, 9.17) is 0 Å². The Hall–Kier alpha value is -2.67. The standard InChI is InChI=1S/C24H27FN4OS/c1-24(2,3)28(15-17-9-5-4-6-10-17)21(30)16-31-23-27-26-22(29(23)18-13-14-18)19-11-7-8-12-20(19)25/h4-12,18H,13-16H2,1-3H3. The third kappa shape index (κ3) is 4.98. The lowest BCUT2D eigenvalue weighted by Crippen LogP contribution is -2.45. The summed E-state index contributed by atoms with van der Waals surface area (Å²) in [5, 5.41) is 9.26. The zero-order chi connectivity index (χ0) is 22.0. The first kappa shape index (κ1) is 21.6. The molecule has 2 aromatic carbocycles. The SMILES string of the molecule is CC(C)(C)N(Cc1ccccc1)C(=O)CSc1nnc(-c2ccccc2F)n1C1CC1. The van der Waals surface area contributed by atoms with Gasteiger partial charge >= 0.3 is 0 Å². The molecule has 5 nitrogen and oxygen atoms in total. The third-order valence-electron chi connectivity index (χ3n) is 5.31. The Labute approximate surface area is 186 Å². The number of amides is 1. The number of nitrogens with zero attached hydrogens (tertiary/aromatic N) is 4. The first-order valence-electron chi connectivity index (χ1n) is 10.5. The van der Waals surface area contributed by atoms with Gasteiger partial charge in [0, 0.05) is 18.1 Å². The molecule has 31 heavy (non-hydrogen) atoms. The molecule has 1 aromatic heterocycles. The molecule has 1 heterocycles. The average Bonchev–Trinajstić information content (AvgIpc) is 3.50. The van der Waals surface area contributed by atoms with Gasteiger partial charge in [0.2, 0.25) is 5.91 Å². The maximum Gasteiger partial charge on any atom is 0.233 e. The molecular formula is C24H27FN4OS. The van der Waals surface area contributed by atoms with E-state index in [0.717, 1.165) is 18.4 Å². The summed E-state index contributed by atoms with van der Waals surface area (Å²) in [5.41, 5.74) is 1.23. The highest BCUT2D eigenvalue weighted by atomic mass is 32.2. The van der Waals surface area contributed by atoms with Crippen molar-refractivity contribution < 1.29 is 9.18 Å². The molecule has 0 atom stereocenters. The van der Waals surface area contributed by atoms with E-state index >= 15 is 0 Å². The number of rotatable bonds is 7. The largest absolute Gasteiger partial charge is 0.333 e. The fourth-order valence-corrected chi connectivity index (χ4v) is 4.41. The van der Waals surface area contributed by atoms with Crippen molar-refractivity contribution in [2.75, 3.05) is 5.75 Å². The van der Waals surface area contributed by atoms with Gasteiger partial charge in [-0.25, -0.2) is 4.39 Å². The maximum atomic E-state index is 14.4. The number of hydrogen-bond acceptors (Lipinski definition) is 4. The zero-order valence-electron chi connectivity index (χ0n) is 18.1. The van der Waals surface area contributed by atoms with E-state index in [1.54, 1.807) is 18.2 Å². The second-order valence-electron chi connectivity index (χ2n) is 8.81. The van der Waals surface area contributed by atoms with Crippen LogP contribution in [0, 0.1) is 5.82 Å². The van der Waals surface area contributed by atoms with Crippen LogP contribution in [0.3, 0.4) is 0 Å². The van der Waals surface area contributed by atoms with E-state index in [1.165, 1.54) is 17.8 Å². The predicted molar refractivity (Wildman–Crippen MR) is 121 cm³/mol. The van der Waals surface area contributed by atoms with Gasteiger partial charge in [0.05, 0.1) is 11.3 Å². The monoisotopic (exact) mass is 438 g/mol. The van der Waals surface area contributed by atoms with Crippen LogP contribution in [0.4, 0.5) is 4.39 Å². The molecule has 0 N–H and O–H groups in total. The van der Waals surface area contributed by atoms with E-state index in [1.807, 2.05) is 60.6 Å². The van der Waals surface area contributed by atoms with Gasteiger partial charge in [0.25, 0.3) is 0 Å². The average molecular weight is 439 g/mol. The van der Waals surface area contributed by atoms with Gasteiger partial charge < -0.3 is 4.90 Å². The van der Waals surface area contributed by atoms with Crippen LogP contribution in [0.15, 0.2) is 59.8 Å². The molecule has 0 saturated heterocycles. The smallest absolute Gasteiger partial charge is 0.233 e. The molecule has 1 aliphatic rings. The molecular weight excluding hydrogens is 411 g/mol. The highest BCUT2D eigenvalue weighted by Crippen LogP contribution is 2.41. The number of carbonyl (C=O) groups excluding carboxylic acids is 1. The normalized spacial score (nSPS) is 13.9. The van der Waals surface area contributed by atoms with Crippen molar-refractivity contribution in [2.24, 2.45) is 0 Å². The van der Waals surface area contributed by atoms with Gasteiger partial charge in [-0.2, -0.15) is 0 Å². The van der Waals surface area contributed by atoms with E-state index in [-0.39, 0.29) is 29.1 Å². The molecule has 0 radical (unpaired) electrons. The van der Waals surface area contributed by atoms with E-state index in [9.17, 15) is 9.18 Å². The van der Waals surface area contributed by atoms with Crippen LogP contribution in [0.5, 0.6) is 0 Å². The quantitative estimate of drug-likeness (QED) is 0.467. The summed E-state index contributed by atoms with van der Waals surface area (Å²) in [6.45, 7) is 6.68. The minimum atomic E-state index is -0.314. The summed E-state index contributed by atoms with van der Waals surface area (Å²) in [4.78, 5) is 15.1. The molecule has 0 unspecified atom stereocenters. The summed E-state index contributed by atoms with van der Waals surface area (Å²) in [5.74, 6) is 0.518. The molecule has 7 heteroatoms. The van der Waals surface area contributed by atoms with Crippen molar-refractivity contribution in [1.29, 1.82) is 0 Å². The molecule has 1 aliphatic carbocycles. The Morgan fingerprint density at radius 3 is 2.42 bits per heavy atom. The Kier molecular flexibility index (Phi) is 6.14. The van der Waals surface area contributed by atoms with Crippen LogP contribution in [0.25, 0.3) is 11.4 Å². The number of halogens is 1. The first-order valence-corrected chi connectivity index (χ1v) is 11.5. The van der Waals surface area contributed by atoms with Crippen molar-refractivity contribution in [2.45, 2.75) is 56.9 Å². The van der Waals surface area contributed by atoms with Crippen molar-refractivity contribution in [3.05, 3.63) is 66.0 Å². The van der Waals surface area contributed by atoms with E-state index in [2.05, 4.69) is 10.2 Å². The number of aromatic nitrogens is 3. The van der Waals surface area contributed by atoms with Gasteiger partial charge in [0.1, 0.15) is 5.82 Å². The van der Waals surface area contributed by atoms with Crippen LogP contribution < -0.4 is 0 Å². The Morgan fingerprint density at radius 2 is 1.77 bits per heavy atom. The topological polar surface area (TPSA) is 51.0 Å². The lowest BCUT2D eigenvalue weighted by Gasteiger charge is -2.36. The van der Waals surface area contributed by atoms with Crippen LogP contribution in [-0.4, -0.2) is 36.9 Å². The molecule has 162 valence electrons. The van der Waals surface area contributed by atoms with Crippen LogP contribution in [0.2, 0.25) is 0 Å². The first-order chi connectivity index (χ1) is 14.8. The lowest BCUT2D eigenvalue weighted by atomic mass is 10.0. The lowest BCUT2D eigenvalue weighted by molar-refractivity contribution is -0.133. The Balaban J connectivity index is 1.53. The molecule has 1 saturated carbocycles. The van der Waals surface area contributed by atoms with Crippen LogP contribution in [0.1, 0.15) is 45.2 Å². The summed E-state index contributed by atoms with van der Waals surface area (Å²) in [6.07, 6.45) is 2.03. The number of thioether (sulfide) groups is 1. The summed E-state index contributed by atoms with van der Waals surface area (Å²) in [7, 11) is 0. The predicted octanol–water partition coefficient (Wildman–Crippen LogP) is 5.34. The fourth-order valence-electron chi connectivity index (χ4n) is 3.53. The van der Waals surface area contributed by atoms with Gasteiger partial charge in [-0.1, -0.05) is 54.2 Å². The van der Waals surface area contributed by atoms with Gasteiger partial charge in [0.15, 0.2) is 11.0 Å². The molecule has 4 rings (SSSR count). The van der Waals surface area contributed by atoms with Gasteiger partial charge in [-0.15, -0.1) is 10.2 Å². The fraction of sp³-hybridized carbons (Fsp3) is 0.375. The summed E-state index contributed by atoms with van der Waals surface area (Å²) >= 11 is 1.38. The highest BCUT2D eigenvalue weighted by molar-refractivity contribution is 7.99. The summed E-state index contributed by atoms with van der Waals surface area (Å²) in [6, 6.07) is 16.9. The molecule has 0 spiro atoms. The number of carbonyl (C=O) groups is 1.